The molecule has 0 aromatic heterocycles. The molecule has 284 valence electrons. The van der Waals surface area contributed by atoms with Crippen LogP contribution in [0.1, 0.15) is 110 Å². The Morgan fingerprint density at radius 1 is 0.547 bits per heavy atom. The molecule has 0 saturated heterocycles. The van der Waals surface area contributed by atoms with E-state index in [-0.39, 0.29) is 35.8 Å². The summed E-state index contributed by atoms with van der Waals surface area (Å²) >= 11 is 0. The van der Waals surface area contributed by atoms with E-state index in [4.69, 9.17) is 0 Å². The molecule has 2 aliphatic carbocycles. The summed E-state index contributed by atoms with van der Waals surface area (Å²) in [5, 5.41) is 1.75. The molecule has 0 atom stereocenters. The monoisotopic (exact) mass is 811 g/mol. The van der Waals surface area contributed by atoms with Crippen molar-refractivity contribution in [2.75, 3.05) is 0 Å². The molecule has 2 heteroatoms. The number of aryl methyl sites for hydroxylation is 6. The summed E-state index contributed by atoms with van der Waals surface area (Å²) in [5.74, 6) is 0. The van der Waals surface area contributed by atoms with E-state index in [1.807, 2.05) is 18.2 Å². The Kier molecular flexibility index (Phi) is 16.2. The SMILES string of the molecule is C[CH-]c1ccccc1-c1[c-]cccc1.Cc1cc(C)c(-c2cccc(-c3c(C)cc(C)cc3C)c2P(C2CCCCC2)C2CCCCC2)c(C)c1.[CH3-].[Pd]. The minimum atomic E-state index is -0.246. The second-order valence-electron chi connectivity index (χ2n) is 15.4. The second kappa shape index (κ2) is 20.1. The third-order valence-electron chi connectivity index (χ3n) is 11.4. The van der Waals surface area contributed by atoms with Crippen molar-refractivity contribution in [2.24, 2.45) is 0 Å². The zero-order valence-electron chi connectivity index (χ0n) is 33.7. The first-order valence-corrected chi connectivity index (χ1v) is 21.2. The van der Waals surface area contributed by atoms with Crippen LogP contribution in [0.25, 0.3) is 33.4 Å². The van der Waals surface area contributed by atoms with Gasteiger partial charge in [-0.3, -0.25) is 0 Å². The van der Waals surface area contributed by atoms with Crippen molar-refractivity contribution >= 4 is 13.2 Å². The minimum absolute atomic E-state index is 0. The van der Waals surface area contributed by atoms with Crippen molar-refractivity contribution in [3.05, 3.63) is 150 Å². The van der Waals surface area contributed by atoms with E-state index in [1.165, 1.54) is 120 Å². The van der Waals surface area contributed by atoms with Crippen LogP contribution in [0, 0.1) is 61.5 Å². The van der Waals surface area contributed by atoms with Crippen molar-refractivity contribution in [2.45, 2.75) is 124 Å². The van der Waals surface area contributed by atoms with E-state index in [0.717, 1.165) is 16.9 Å². The summed E-state index contributed by atoms with van der Waals surface area (Å²) in [4.78, 5) is 0. The van der Waals surface area contributed by atoms with Crippen LogP contribution < -0.4 is 5.30 Å². The van der Waals surface area contributed by atoms with Crippen molar-refractivity contribution in [1.82, 2.24) is 0 Å². The average Bonchev–Trinajstić information content (AvgIpc) is 3.13. The first kappa shape index (κ1) is 42.8. The van der Waals surface area contributed by atoms with Gasteiger partial charge in [0, 0.05) is 20.4 Å². The number of hydrogen-bond acceptors (Lipinski definition) is 0. The molecule has 0 aliphatic heterocycles. The van der Waals surface area contributed by atoms with E-state index >= 15 is 0 Å². The molecule has 2 saturated carbocycles. The third kappa shape index (κ3) is 10.0. The van der Waals surface area contributed by atoms with Gasteiger partial charge in [-0.05, 0) is 128 Å². The van der Waals surface area contributed by atoms with Gasteiger partial charge < -0.3 is 7.43 Å². The van der Waals surface area contributed by atoms with Gasteiger partial charge in [0.1, 0.15) is 0 Å². The molecule has 5 aromatic rings. The van der Waals surface area contributed by atoms with Crippen LogP contribution in [-0.4, -0.2) is 11.3 Å². The first-order valence-electron chi connectivity index (χ1n) is 19.7. The summed E-state index contributed by atoms with van der Waals surface area (Å²) in [5.41, 5.74) is 20.0. The van der Waals surface area contributed by atoms with Gasteiger partial charge in [-0.25, -0.2) is 0 Å². The molecule has 0 heterocycles. The summed E-state index contributed by atoms with van der Waals surface area (Å²) < 4.78 is 0. The molecule has 7 rings (SSSR count). The van der Waals surface area contributed by atoms with E-state index in [2.05, 4.69) is 134 Å². The summed E-state index contributed by atoms with van der Waals surface area (Å²) in [6.45, 7) is 15.9. The maximum atomic E-state index is 3.24. The van der Waals surface area contributed by atoms with Gasteiger partial charge in [-0.1, -0.05) is 119 Å². The maximum absolute atomic E-state index is 3.24. The van der Waals surface area contributed by atoms with Gasteiger partial charge in [0.05, 0.1) is 0 Å². The van der Waals surface area contributed by atoms with Crippen LogP contribution in [0.15, 0.2) is 91.0 Å². The molecule has 0 nitrogen and oxygen atoms in total. The van der Waals surface area contributed by atoms with Crippen LogP contribution in [-0.2, 0) is 20.4 Å². The van der Waals surface area contributed by atoms with Crippen LogP contribution in [0.3, 0.4) is 0 Å². The molecule has 0 unspecified atom stereocenters. The van der Waals surface area contributed by atoms with Crippen molar-refractivity contribution in [1.29, 1.82) is 0 Å². The molecular weight excluding hydrogens is 750 g/mol. The van der Waals surface area contributed by atoms with E-state index in [0.29, 0.717) is 0 Å². The summed E-state index contributed by atoms with van der Waals surface area (Å²) in [6, 6.07) is 36.6. The van der Waals surface area contributed by atoms with Crippen LogP contribution in [0.2, 0.25) is 0 Å². The Morgan fingerprint density at radius 3 is 1.42 bits per heavy atom. The quantitative estimate of drug-likeness (QED) is 0.0872. The zero-order valence-corrected chi connectivity index (χ0v) is 36.2. The van der Waals surface area contributed by atoms with Gasteiger partial charge in [0.2, 0.25) is 0 Å². The van der Waals surface area contributed by atoms with Gasteiger partial charge in [0.25, 0.3) is 0 Å². The second-order valence-corrected chi connectivity index (χ2v) is 18.1. The summed E-state index contributed by atoms with van der Waals surface area (Å²) in [6.07, 6.45) is 16.5. The van der Waals surface area contributed by atoms with Gasteiger partial charge in [-0.2, -0.15) is 18.1 Å². The van der Waals surface area contributed by atoms with Crippen LogP contribution >= 0.6 is 7.92 Å². The summed E-state index contributed by atoms with van der Waals surface area (Å²) in [7, 11) is -0.246. The number of rotatable bonds is 7. The van der Waals surface area contributed by atoms with Crippen LogP contribution in [0.4, 0.5) is 0 Å². The van der Waals surface area contributed by atoms with Crippen molar-refractivity contribution in [3.63, 3.8) is 0 Å². The molecule has 2 aliphatic rings. The third-order valence-corrected chi connectivity index (χ3v) is 15.0. The fraction of sp³-hybridized carbons (Fsp3) is 0.373. The molecule has 2 fully saturated rings. The molecule has 0 bridgehead atoms. The Morgan fingerprint density at radius 2 is 0.981 bits per heavy atom. The normalized spacial score (nSPS) is 14.8. The predicted octanol–water partition coefficient (Wildman–Crippen LogP) is 14.8. The van der Waals surface area contributed by atoms with Crippen molar-refractivity contribution < 1.29 is 20.4 Å². The van der Waals surface area contributed by atoms with Gasteiger partial charge in [-0.15, -0.1) is 47.5 Å². The first-order chi connectivity index (χ1) is 24.8. The molecule has 53 heavy (non-hydrogen) atoms. The smallest absolute Gasteiger partial charge is 0 e. The predicted molar refractivity (Wildman–Crippen MR) is 232 cm³/mol. The molecular formula is C51H62PPd-3. The minimum Gasteiger partial charge on any atom is -0.358 e. The Balaban J connectivity index is 0.000000330. The fourth-order valence-electron chi connectivity index (χ4n) is 9.37. The average molecular weight is 812 g/mol. The maximum Gasteiger partial charge on any atom is 0 e. The van der Waals surface area contributed by atoms with E-state index in [1.54, 1.807) is 16.4 Å². The fourth-order valence-corrected chi connectivity index (χ4v) is 13.5. The number of benzene rings is 5. The van der Waals surface area contributed by atoms with E-state index < -0.39 is 0 Å². The standard InChI is InChI=1S/C36H47P.C14H12.CH3.Pd/c1-24-20-26(3)34(27(4)21-24)32-18-13-19-33(35-28(5)22-25(2)23-29(35)6)36(32)37(30-14-9-7-10-15-30)31-16-11-8-12-17-31;1-2-12-8-6-7-11-14(12)13-9-4-3-5-10-13;;/h13,18-23,30-31H,7-12,14-17H2,1-6H3;2-9,11H,1H3;1H3;/q;-2;-1;. The van der Waals surface area contributed by atoms with Crippen LogP contribution in [0.5, 0.6) is 0 Å². The van der Waals surface area contributed by atoms with E-state index in [9.17, 15) is 0 Å². The Bertz CT molecular complexity index is 1770. The van der Waals surface area contributed by atoms with Crippen molar-refractivity contribution in [3.8, 4) is 33.4 Å². The Labute approximate surface area is 339 Å². The molecule has 0 N–H and O–H groups in total. The zero-order chi connectivity index (χ0) is 35.9. The molecule has 5 aromatic carbocycles. The largest absolute Gasteiger partial charge is 0.358 e. The van der Waals surface area contributed by atoms with Gasteiger partial charge >= 0.3 is 0 Å². The Hall–Kier alpha value is -2.94. The topological polar surface area (TPSA) is 0 Å². The van der Waals surface area contributed by atoms with Gasteiger partial charge in [0.15, 0.2) is 0 Å². The number of hydrogen-bond donors (Lipinski definition) is 0. The molecule has 0 radical (unpaired) electrons. The molecule has 0 spiro atoms. The molecule has 0 amide bonds.